The summed E-state index contributed by atoms with van der Waals surface area (Å²) in [5.74, 6) is 0.115. The zero-order valence-electron chi connectivity index (χ0n) is 10.6. The van der Waals surface area contributed by atoms with E-state index < -0.39 is 0 Å². The minimum absolute atomic E-state index is 0.215. The molecule has 0 aliphatic rings. The maximum Gasteiger partial charge on any atom is 0.156 e. The summed E-state index contributed by atoms with van der Waals surface area (Å²) in [6, 6.07) is 11.6. The fraction of sp³-hybridized carbons (Fsp3) is 0.0667. The standard InChI is InChI=1S/C15H10ClFN2O/c1-20-13-7-6-9(17)8-10(13)14-15(16)19-12-5-3-2-4-11(12)18-14/h2-8H,1H3. The first-order chi connectivity index (χ1) is 9.69. The molecule has 0 saturated carbocycles. The number of benzene rings is 2. The molecule has 3 nitrogen and oxygen atoms in total. The van der Waals surface area contributed by atoms with E-state index in [2.05, 4.69) is 9.97 Å². The summed E-state index contributed by atoms with van der Waals surface area (Å²) in [6.07, 6.45) is 0. The number of fused-ring (bicyclic) bond motifs is 1. The molecule has 3 rings (SSSR count). The fourth-order valence-electron chi connectivity index (χ4n) is 2.02. The van der Waals surface area contributed by atoms with Gasteiger partial charge >= 0.3 is 0 Å². The van der Waals surface area contributed by atoms with Crippen LogP contribution in [0, 0.1) is 5.82 Å². The van der Waals surface area contributed by atoms with Gasteiger partial charge in [-0.2, -0.15) is 0 Å². The van der Waals surface area contributed by atoms with Crippen LogP contribution in [-0.2, 0) is 0 Å². The average molecular weight is 289 g/mol. The fourth-order valence-corrected chi connectivity index (χ4v) is 2.25. The van der Waals surface area contributed by atoms with Gasteiger partial charge < -0.3 is 4.74 Å². The first kappa shape index (κ1) is 12.8. The van der Waals surface area contributed by atoms with Gasteiger partial charge in [-0.15, -0.1) is 0 Å². The highest BCUT2D eigenvalue weighted by Crippen LogP contribution is 2.34. The lowest BCUT2D eigenvalue weighted by Gasteiger charge is -2.10. The van der Waals surface area contributed by atoms with Gasteiger partial charge in [0.15, 0.2) is 5.15 Å². The van der Waals surface area contributed by atoms with E-state index in [4.69, 9.17) is 16.3 Å². The summed E-state index contributed by atoms with van der Waals surface area (Å²) >= 11 is 6.17. The number of methoxy groups -OCH3 is 1. The lowest BCUT2D eigenvalue weighted by Crippen LogP contribution is -1.95. The van der Waals surface area contributed by atoms with E-state index in [1.54, 1.807) is 0 Å². The molecule has 0 spiro atoms. The minimum Gasteiger partial charge on any atom is -0.496 e. The van der Waals surface area contributed by atoms with Gasteiger partial charge in [-0.05, 0) is 30.3 Å². The Hall–Kier alpha value is -2.20. The first-order valence-corrected chi connectivity index (χ1v) is 6.33. The van der Waals surface area contributed by atoms with Gasteiger partial charge in [-0.1, -0.05) is 23.7 Å². The van der Waals surface area contributed by atoms with Crippen LogP contribution in [0.2, 0.25) is 5.15 Å². The molecule has 0 unspecified atom stereocenters. The number of rotatable bonds is 2. The second-order valence-corrected chi connectivity index (χ2v) is 4.55. The monoisotopic (exact) mass is 288 g/mol. The summed E-state index contributed by atoms with van der Waals surface area (Å²) in [5.41, 5.74) is 2.27. The van der Waals surface area contributed by atoms with Gasteiger partial charge in [-0.25, -0.2) is 14.4 Å². The maximum absolute atomic E-state index is 13.5. The van der Waals surface area contributed by atoms with Crippen LogP contribution in [0.25, 0.3) is 22.3 Å². The SMILES string of the molecule is COc1ccc(F)cc1-c1nc2ccccc2nc1Cl. The number of ether oxygens (including phenoxy) is 1. The number of aromatic nitrogens is 2. The van der Waals surface area contributed by atoms with Crippen molar-refractivity contribution in [2.45, 2.75) is 0 Å². The molecule has 1 heterocycles. The van der Waals surface area contributed by atoms with E-state index in [0.29, 0.717) is 28.0 Å². The molecule has 2 aromatic carbocycles. The number of para-hydroxylation sites is 2. The summed E-state index contributed by atoms with van der Waals surface area (Å²) in [5, 5.41) is 0.215. The molecule has 0 fully saturated rings. The third-order valence-electron chi connectivity index (χ3n) is 2.94. The molecule has 0 radical (unpaired) electrons. The minimum atomic E-state index is -0.383. The molecule has 0 atom stereocenters. The topological polar surface area (TPSA) is 35.0 Å². The van der Waals surface area contributed by atoms with Crippen LogP contribution in [0.1, 0.15) is 0 Å². The Morgan fingerprint density at radius 2 is 1.75 bits per heavy atom. The van der Waals surface area contributed by atoms with Crippen LogP contribution >= 0.6 is 11.6 Å². The maximum atomic E-state index is 13.5. The second-order valence-electron chi connectivity index (χ2n) is 4.20. The van der Waals surface area contributed by atoms with E-state index in [0.717, 1.165) is 0 Å². The van der Waals surface area contributed by atoms with E-state index in [1.165, 1.54) is 25.3 Å². The smallest absolute Gasteiger partial charge is 0.156 e. The quantitative estimate of drug-likeness (QED) is 0.712. The van der Waals surface area contributed by atoms with Crippen molar-refractivity contribution in [1.29, 1.82) is 0 Å². The molecule has 0 aliphatic carbocycles. The number of halogens is 2. The predicted octanol–water partition coefficient (Wildman–Crippen LogP) is 4.10. The molecule has 0 bridgehead atoms. The Morgan fingerprint density at radius 3 is 2.45 bits per heavy atom. The highest BCUT2D eigenvalue weighted by molar-refractivity contribution is 6.32. The molecule has 3 aromatic rings. The van der Waals surface area contributed by atoms with Crippen molar-refractivity contribution in [3.8, 4) is 17.0 Å². The van der Waals surface area contributed by atoms with Gasteiger partial charge in [0.25, 0.3) is 0 Å². The Morgan fingerprint density at radius 1 is 1.05 bits per heavy atom. The van der Waals surface area contributed by atoms with Crippen molar-refractivity contribution in [3.05, 3.63) is 53.4 Å². The van der Waals surface area contributed by atoms with Crippen LogP contribution in [-0.4, -0.2) is 17.1 Å². The van der Waals surface area contributed by atoms with Crippen LogP contribution < -0.4 is 4.74 Å². The van der Waals surface area contributed by atoms with Crippen LogP contribution in [0.15, 0.2) is 42.5 Å². The Kier molecular flexibility index (Phi) is 3.24. The first-order valence-electron chi connectivity index (χ1n) is 5.95. The molecule has 20 heavy (non-hydrogen) atoms. The largest absolute Gasteiger partial charge is 0.496 e. The Labute approximate surface area is 120 Å². The van der Waals surface area contributed by atoms with E-state index in [9.17, 15) is 4.39 Å². The van der Waals surface area contributed by atoms with Crippen molar-refractivity contribution in [2.24, 2.45) is 0 Å². The summed E-state index contributed by atoms with van der Waals surface area (Å²) in [4.78, 5) is 8.74. The molecule has 1 aromatic heterocycles. The molecule has 5 heteroatoms. The molecule has 100 valence electrons. The van der Waals surface area contributed by atoms with Gasteiger partial charge in [0.1, 0.15) is 17.3 Å². The van der Waals surface area contributed by atoms with Crippen LogP contribution in [0.3, 0.4) is 0 Å². The normalized spacial score (nSPS) is 10.8. The summed E-state index contributed by atoms with van der Waals surface area (Å²) in [7, 11) is 1.51. The van der Waals surface area contributed by atoms with Gasteiger partial charge in [0.05, 0.1) is 18.1 Å². The van der Waals surface area contributed by atoms with E-state index in [1.807, 2.05) is 24.3 Å². The molecular weight excluding hydrogens is 279 g/mol. The second kappa shape index (κ2) is 5.06. The van der Waals surface area contributed by atoms with E-state index in [-0.39, 0.29) is 11.0 Å². The third-order valence-corrected chi connectivity index (χ3v) is 3.21. The van der Waals surface area contributed by atoms with Gasteiger partial charge in [0.2, 0.25) is 0 Å². The molecule has 0 amide bonds. The summed E-state index contributed by atoms with van der Waals surface area (Å²) in [6.45, 7) is 0. The van der Waals surface area contributed by atoms with Crippen molar-refractivity contribution in [1.82, 2.24) is 9.97 Å². The zero-order chi connectivity index (χ0) is 14.1. The molecule has 0 N–H and O–H groups in total. The number of hydrogen-bond acceptors (Lipinski definition) is 3. The highest BCUT2D eigenvalue weighted by atomic mass is 35.5. The van der Waals surface area contributed by atoms with Gasteiger partial charge in [-0.3, -0.25) is 0 Å². The summed E-state index contributed by atoms with van der Waals surface area (Å²) < 4.78 is 18.7. The molecule has 0 aliphatic heterocycles. The van der Waals surface area contributed by atoms with Crippen LogP contribution in [0.4, 0.5) is 4.39 Å². The number of hydrogen-bond donors (Lipinski definition) is 0. The average Bonchev–Trinajstić information content (AvgIpc) is 2.46. The molecule has 0 saturated heterocycles. The lowest BCUT2D eigenvalue weighted by atomic mass is 10.1. The van der Waals surface area contributed by atoms with E-state index >= 15 is 0 Å². The Bertz CT molecular complexity index is 792. The predicted molar refractivity (Wildman–Crippen MR) is 76.5 cm³/mol. The van der Waals surface area contributed by atoms with Crippen molar-refractivity contribution < 1.29 is 9.13 Å². The van der Waals surface area contributed by atoms with Crippen molar-refractivity contribution in [3.63, 3.8) is 0 Å². The zero-order valence-corrected chi connectivity index (χ0v) is 11.4. The van der Waals surface area contributed by atoms with Gasteiger partial charge in [0, 0.05) is 5.56 Å². The van der Waals surface area contributed by atoms with Crippen molar-refractivity contribution >= 4 is 22.6 Å². The molecular formula is C15H10ClFN2O. The highest BCUT2D eigenvalue weighted by Gasteiger charge is 2.14. The van der Waals surface area contributed by atoms with Crippen LogP contribution in [0.5, 0.6) is 5.75 Å². The number of nitrogens with zero attached hydrogens (tertiary/aromatic N) is 2. The Balaban J connectivity index is 2.28. The van der Waals surface area contributed by atoms with Crippen molar-refractivity contribution in [2.75, 3.05) is 7.11 Å². The third kappa shape index (κ3) is 2.18. The lowest BCUT2D eigenvalue weighted by molar-refractivity contribution is 0.415.